The molecule has 82 valence electrons. The van der Waals surface area contributed by atoms with Crippen molar-refractivity contribution >= 4 is 11.6 Å². The van der Waals surface area contributed by atoms with Crippen molar-refractivity contribution in [2.45, 2.75) is 6.92 Å². The number of carbonyl (C=O) groups is 2. The van der Waals surface area contributed by atoms with Crippen LogP contribution in [0.25, 0.3) is 11.1 Å². The van der Waals surface area contributed by atoms with E-state index in [0.717, 1.165) is 16.7 Å². The Morgan fingerprint density at radius 2 is 1.29 bits per heavy atom. The molecule has 1 aliphatic carbocycles. The first-order chi connectivity index (χ1) is 8.18. The smallest absolute Gasteiger partial charge is 0.234 e. The number of carbonyl (C=O) groups excluding carboxylic acids is 2. The number of hydrogen-bond acceptors (Lipinski definition) is 2. The van der Waals surface area contributed by atoms with Gasteiger partial charge in [0.25, 0.3) is 0 Å². The highest BCUT2D eigenvalue weighted by Gasteiger charge is 2.29. The van der Waals surface area contributed by atoms with Gasteiger partial charge in [0.1, 0.15) is 0 Å². The number of fused-ring (bicyclic) bond motifs is 3. The highest BCUT2D eigenvalue weighted by atomic mass is 16.2. The fourth-order valence-electron chi connectivity index (χ4n) is 2.24. The van der Waals surface area contributed by atoms with Crippen LogP contribution in [0.1, 0.15) is 26.3 Å². The lowest BCUT2D eigenvalue weighted by atomic mass is 9.83. The van der Waals surface area contributed by atoms with Gasteiger partial charge in [0, 0.05) is 11.1 Å². The van der Waals surface area contributed by atoms with E-state index in [9.17, 15) is 9.59 Å². The lowest BCUT2D eigenvalue weighted by Crippen LogP contribution is -2.21. The van der Waals surface area contributed by atoms with E-state index in [-0.39, 0.29) is 0 Å². The van der Waals surface area contributed by atoms with Gasteiger partial charge in [-0.1, -0.05) is 42.0 Å². The number of rotatable bonds is 0. The standard InChI is InChI=1S/C15H10O2/c1-9-6-7-11-10-4-2-3-5-12(10)14(16)15(17)13(11)8-9/h2-8H,1H3. The minimum Gasteiger partial charge on any atom is -0.285 e. The maximum Gasteiger partial charge on any atom is 0.234 e. The minimum absolute atomic E-state index is 0.401. The van der Waals surface area contributed by atoms with E-state index in [1.807, 2.05) is 31.2 Å². The molecular formula is C15H10O2. The normalized spacial score (nSPS) is 13.2. The SMILES string of the molecule is Cc1ccc2c(c1)C(=O)C(=O)c1ccccc1-2. The van der Waals surface area contributed by atoms with E-state index >= 15 is 0 Å². The fourth-order valence-corrected chi connectivity index (χ4v) is 2.24. The van der Waals surface area contributed by atoms with Crippen molar-refractivity contribution in [2.24, 2.45) is 0 Å². The van der Waals surface area contributed by atoms with Crippen molar-refractivity contribution in [3.63, 3.8) is 0 Å². The summed E-state index contributed by atoms with van der Waals surface area (Å²) in [4.78, 5) is 23.9. The van der Waals surface area contributed by atoms with Gasteiger partial charge in [-0.25, -0.2) is 0 Å². The molecule has 0 saturated heterocycles. The van der Waals surface area contributed by atoms with Crippen LogP contribution in [0.5, 0.6) is 0 Å². The molecule has 0 unspecified atom stereocenters. The summed E-state index contributed by atoms with van der Waals surface area (Å²) in [5.41, 5.74) is 3.73. The first-order valence-electron chi connectivity index (χ1n) is 5.47. The molecule has 0 saturated carbocycles. The topological polar surface area (TPSA) is 34.1 Å². The molecule has 1 aliphatic rings. The van der Waals surface area contributed by atoms with Crippen LogP contribution >= 0.6 is 0 Å². The van der Waals surface area contributed by atoms with Gasteiger partial charge in [0.2, 0.25) is 11.6 Å². The summed E-state index contributed by atoms with van der Waals surface area (Å²) in [6, 6.07) is 12.9. The zero-order valence-corrected chi connectivity index (χ0v) is 9.36. The monoisotopic (exact) mass is 222 g/mol. The highest BCUT2D eigenvalue weighted by molar-refractivity contribution is 6.53. The Kier molecular flexibility index (Phi) is 1.99. The lowest BCUT2D eigenvalue weighted by molar-refractivity contribution is 0.0815. The molecule has 3 rings (SSSR count). The molecule has 2 aromatic rings. The molecule has 17 heavy (non-hydrogen) atoms. The Morgan fingerprint density at radius 1 is 0.706 bits per heavy atom. The predicted octanol–water partition coefficient (Wildman–Crippen LogP) is 3.04. The van der Waals surface area contributed by atoms with E-state index in [1.54, 1.807) is 18.2 Å². The Morgan fingerprint density at radius 3 is 2.06 bits per heavy atom. The van der Waals surface area contributed by atoms with Gasteiger partial charge >= 0.3 is 0 Å². The highest BCUT2D eigenvalue weighted by Crippen LogP contribution is 2.33. The third kappa shape index (κ3) is 1.34. The molecule has 0 N–H and O–H groups in total. The summed E-state index contributed by atoms with van der Waals surface area (Å²) < 4.78 is 0. The molecule has 0 spiro atoms. The maximum absolute atomic E-state index is 12.0. The van der Waals surface area contributed by atoms with E-state index in [1.165, 1.54) is 0 Å². The second-order valence-corrected chi connectivity index (χ2v) is 4.25. The number of ketones is 2. The molecule has 0 aromatic heterocycles. The van der Waals surface area contributed by atoms with Gasteiger partial charge in [0.15, 0.2) is 0 Å². The van der Waals surface area contributed by atoms with Gasteiger partial charge < -0.3 is 0 Å². The molecule has 2 heteroatoms. The number of Topliss-reactive ketones (excluding diaryl/α,β-unsaturated/α-hetero) is 2. The summed E-state index contributed by atoms with van der Waals surface area (Å²) in [7, 11) is 0. The first kappa shape index (κ1) is 9.97. The maximum atomic E-state index is 12.0. The van der Waals surface area contributed by atoms with Gasteiger partial charge in [-0.2, -0.15) is 0 Å². The summed E-state index contributed by atoms with van der Waals surface area (Å²) in [6.45, 7) is 1.92. The molecular weight excluding hydrogens is 212 g/mol. The molecule has 0 amide bonds. The zero-order chi connectivity index (χ0) is 12.0. The Balaban J connectivity index is 2.40. The van der Waals surface area contributed by atoms with Gasteiger partial charge in [-0.15, -0.1) is 0 Å². The first-order valence-corrected chi connectivity index (χ1v) is 5.47. The van der Waals surface area contributed by atoms with Crippen molar-refractivity contribution in [1.82, 2.24) is 0 Å². The van der Waals surface area contributed by atoms with Crippen LogP contribution in [0.15, 0.2) is 42.5 Å². The average Bonchev–Trinajstić information content (AvgIpc) is 2.36. The second kappa shape index (κ2) is 3.39. The summed E-state index contributed by atoms with van der Waals surface area (Å²) in [6.07, 6.45) is 0. The number of aryl methyl sites for hydroxylation is 1. The van der Waals surface area contributed by atoms with Gasteiger partial charge in [-0.05, 0) is 24.1 Å². The molecule has 0 aliphatic heterocycles. The van der Waals surface area contributed by atoms with Gasteiger partial charge in [-0.3, -0.25) is 9.59 Å². The quantitative estimate of drug-likeness (QED) is 0.642. The second-order valence-electron chi connectivity index (χ2n) is 4.25. The van der Waals surface area contributed by atoms with Crippen molar-refractivity contribution in [3.05, 3.63) is 59.2 Å². The Bertz CT molecular complexity index is 654. The van der Waals surface area contributed by atoms with E-state index in [2.05, 4.69) is 0 Å². The van der Waals surface area contributed by atoms with Crippen LogP contribution in [0.2, 0.25) is 0 Å². The number of benzene rings is 2. The van der Waals surface area contributed by atoms with E-state index in [0.29, 0.717) is 11.1 Å². The zero-order valence-electron chi connectivity index (χ0n) is 9.36. The van der Waals surface area contributed by atoms with Crippen LogP contribution in [-0.2, 0) is 0 Å². The summed E-state index contributed by atoms with van der Waals surface area (Å²) >= 11 is 0. The van der Waals surface area contributed by atoms with Crippen molar-refractivity contribution < 1.29 is 9.59 Å². The van der Waals surface area contributed by atoms with E-state index < -0.39 is 11.6 Å². The van der Waals surface area contributed by atoms with Crippen LogP contribution in [-0.4, -0.2) is 11.6 Å². The summed E-state index contributed by atoms with van der Waals surface area (Å²) in [5, 5.41) is 0. The Labute approximate surface area is 98.9 Å². The average molecular weight is 222 g/mol. The molecule has 0 radical (unpaired) electrons. The molecule has 2 aromatic carbocycles. The molecule has 0 fully saturated rings. The van der Waals surface area contributed by atoms with Crippen LogP contribution in [0.4, 0.5) is 0 Å². The molecule has 0 heterocycles. The lowest BCUT2D eigenvalue weighted by Gasteiger charge is -2.17. The fraction of sp³-hybridized carbons (Fsp3) is 0.0667. The summed E-state index contributed by atoms with van der Waals surface area (Å²) in [5.74, 6) is -0.805. The van der Waals surface area contributed by atoms with Crippen molar-refractivity contribution in [1.29, 1.82) is 0 Å². The third-order valence-electron chi connectivity index (χ3n) is 3.09. The van der Waals surface area contributed by atoms with Crippen LogP contribution in [0, 0.1) is 6.92 Å². The largest absolute Gasteiger partial charge is 0.285 e. The van der Waals surface area contributed by atoms with Crippen LogP contribution < -0.4 is 0 Å². The molecule has 0 bridgehead atoms. The Hall–Kier alpha value is -2.22. The third-order valence-corrected chi connectivity index (χ3v) is 3.09. The van der Waals surface area contributed by atoms with E-state index in [4.69, 9.17) is 0 Å². The van der Waals surface area contributed by atoms with Crippen LogP contribution in [0.3, 0.4) is 0 Å². The minimum atomic E-state index is -0.404. The van der Waals surface area contributed by atoms with Crippen molar-refractivity contribution in [3.8, 4) is 11.1 Å². The van der Waals surface area contributed by atoms with Gasteiger partial charge in [0.05, 0.1) is 0 Å². The predicted molar refractivity (Wildman–Crippen MR) is 65.3 cm³/mol. The number of hydrogen-bond donors (Lipinski definition) is 0. The molecule has 2 nitrogen and oxygen atoms in total. The van der Waals surface area contributed by atoms with Crippen molar-refractivity contribution in [2.75, 3.05) is 0 Å². The molecule has 0 atom stereocenters.